The zero-order valence-electron chi connectivity index (χ0n) is 13.8. The van der Waals surface area contributed by atoms with Gasteiger partial charge in [0.15, 0.2) is 0 Å². The van der Waals surface area contributed by atoms with Crippen LogP contribution < -0.4 is 10.2 Å². The van der Waals surface area contributed by atoms with Crippen LogP contribution in [0.15, 0.2) is 54.6 Å². The molecule has 2 aromatic carbocycles. The molecule has 2 N–H and O–H groups in total. The minimum absolute atomic E-state index is 0.147. The van der Waals surface area contributed by atoms with Gasteiger partial charge in [-0.05, 0) is 36.2 Å². The molecule has 0 radical (unpaired) electrons. The standard InChI is InChI=1S/C19H23FN2O2/c1-2-18(23)13-22(17-6-4-3-5-7-17)14-19(24)21-12-15-8-10-16(20)11-9-15/h3-11,18,23H,2,12-14H2,1H3,(H,21,24). The smallest absolute Gasteiger partial charge is 0.239 e. The highest BCUT2D eigenvalue weighted by molar-refractivity contribution is 5.81. The second-order valence-electron chi connectivity index (χ2n) is 5.68. The van der Waals surface area contributed by atoms with Gasteiger partial charge in [-0.25, -0.2) is 4.39 Å². The van der Waals surface area contributed by atoms with E-state index >= 15 is 0 Å². The first-order chi connectivity index (χ1) is 11.6. The highest BCUT2D eigenvalue weighted by Crippen LogP contribution is 2.14. The minimum Gasteiger partial charge on any atom is -0.391 e. The Labute approximate surface area is 141 Å². The number of benzene rings is 2. The lowest BCUT2D eigenvalue weighted by Crippen LogP contribution is -2.40. The Morgan fingerprint density at radius 3 is 2.46 bits per heavy atom. The maximum atomic E-state index is 12.9. The summed E-state index contributed by atoms with van der Waals surface area (Å²) >= 11 is 0. The summed E-state index contributed by atoms with van der Waals surface area (Å²) in [7, 11) is 0. The topological polar surface area (TPSA) is 52.6 Å². The number of para-hydroxylation sites is 1. The summed E-state index contributed by atoms with van der Waals surface area (Å²) in [6.07, 6.45) is 0.135. The third-order valence-corrected chi connectivity index (χ3v) is 3.76. The normalized spacial score (nSPS) is 11.8. The summed E-state index contributed by atoms with van der Waals surface area (Å²) in [5, 5.41) is 12.8. The molecule has 0 saturated heterocycles. The van der Waals surface area contributed by atoms with Crippen LogP contribution in [0.5, 0.6) is 0 Å². The van der Waals surface area contributed by atoms with Crippen molar-refractivity contribution in [3.8, 4) is 0 Å². The molecule has 2 rings (SSSR count). The molecule has 0 saturated carbocycles. The van der Waals surface area contributed by atoms with E-state index in [2.05, 4.69) is 5.32 Å². The number of hydrogen-bond acceptors (Lipinski definition) is 3. The number of hydrogen-bond donors (Lipinski definition) is 2. The van der Waals surface area contributed by atoms with E-state index in [-0.39, 0.29) is 18.3 Å². The lowest BCUT2D eigenvalue weighted by molar-refractivity contribution is -0.120. The van der Waals surface area contributed by atoms with Gasteiger partial charge < -0.3 is 15.3 Å². The van der Waals surface area contributed by atoms with Crippen LogP contribution in [0.3, 0.4) is 0 Å². The third-order valence-electron chi connectivity index (χ3n) is 3.76. The van der Waals surface area contributed by atoms with Crippen LogP contribution in [-0.2, 0) is 11.3 Å². The fourth-order valence-corrected chi connectivity index (χ4v) is 2.32. The van der Waals surface area contributed by atoms with Crippen LogP contribution >= 0.6 is 0 Å². The van der Waals surface area contributed by atoms with E-state index in [9.17, 15) is 14.3 Å². The van der Waals surface area contributed by atoms with Crippen molar-refractivity contribution >= 4 is 11.6 Å². The molecular formula is C19H23FN2O2. The lowest BCUT2D eigenvalue weighted by Gasteiger charge is -2.26. The first-order valence-electron chi connectivity index (χ1n) is 8.07. The molecule has 4 nitrogen and oxygen atoms in total. The number of amides is 1. The van der Waals surface area contributed by atoms with E-state index in [4.69, 9.17) is 0 Å². The summed E-state index contributed by atoms with van der Waals surface area (Å²) in [6.45, 7) is 2.80. The molecule has 1 atom stereocenters. The number of aliphatic hydroxyl groups is 1. The monoisotopic (exact) mass is 330 g/mol. The molecule has 128 valence electrons. The number of carbonyl (C=O) groups is 1. The van der Waals surface area contributed by atoms with E-state index < -0.39 is 6.10 Å². The van der Waals surface area contributed by atoms with Gasteiger partial charge in [-0.3, -0.25) is 4.79 Å². The number of carbonyl (C=O) groups excluding carboxylic acids is 1. The Balaban J connectivity index is 1.95. The van der Waals surface area contributed by atoms with Crippen molar-refractivity contribution in [2.45, 2.75) is 26.0 Å². The molecule has 0 aliphatic heterocycles. The molecule has 0 fully saturated rings. The molecule has 0 heterocycles. The van der Waals surface area contributed by atoms with Crippen molar-refractivity contribution in [1.29, 1.82) is 0 Å². The second kappa shape index (κ2) is 9.03. The third kappa shape index (κ3) is 5.66. The van der Waals surface area contributed by atoms with Crippen LogP contribution in [0.1, 0.15) is 18.9 Å². The summed E-state index contributed by atoms with van der Waals surface area (Å²) in [6, 6.07) is 15.6. The molecule has 5 heteroatoms. The van der Waals surface area contributed by atoms with Gasteiger partial charge in [-0.15, -0.1) is 0 Å². The molecule has 1 amide bonds. The number of halogens is 1. The average Bonchev–Trinajstić information content (AvgIpc) is 2.61. The van der Waals surface area contributed by atoms with Crippen LogP contribution in [0.25, 0.3) is 0 Å². The fraction of sp³-hybridized carbons (Fsp3) is 0.316. The van der Waals surface area contributed by atoms with Gasteiger partial charge >= 0.3 is 0 Å². The van der Waals surface area contributed by atoms with Gasteiger partial charge in [0.25, 0.3) is 0 Å². The van der Waals surface area contributed by atoms with E-state index in [1.165, 1.54) is 12.1 Å². The van der Waals surface area contributed by atoms with Crippen LogP contribution in [-0.4, -0.2) is 30.2 Å². The Hall–Kier alpha value is -2.40. The fourth-order valence-electron chi connectivity index (χ4n) is 2.32. The molecule has 24 heavy (non-hydrogen) atoms. The van der Waals surface area contributed by atoms with Gasteiger partial charge in [-0.1, -0.05) is 37.3 Å². The molecule has 2 aromatic rings. The number of nitrogens with one attached hydrogen (secondary N) is 1. The number of nitrogens with zero attached hydrogens (tertiary/aromatic N) is 1. The molecule has 0 bridgehead atoms. The SMILES string of the molecule is CCC(O)CN(CC(=O)NCc1ccc(F)cc1)c1ccccc1. The largest absolute Gasteiger partial charge is 0.391 e. The Morgan fingerprint density at radius 1 is 1.17 bits per heavy atom. The second-order valence-corrected chi connectivity index (χ2v) is 5.68. The minimum atomic E-state index is -0.491. The summed E-state index contributed by atoms with van der Waals surface area (Å²) < 4.78 is 12.9. The maximum Gasteiger partial charge on any atom is 0.239 e. The zero-order chi connectivity index (χ0) is 17.4. The van der Waals surface area contributed by atoms with Gasteiger partial charge in [0.05, 0.1) is 12.6 Å². The van der Waals surface area contributed by atoms with Crippen molar-refractivity contribution in [1.82, 2.24) is 5.32 Å². The van der Waals surface area contributed by atoms with Crippen LogP contribution in [0.2, 0.25) is 0 Å². The average molecular weight is 330 g/mol. The van der Waals surface area contributed by atoms with E-state index in [1.54, 1.807) is 12.1 Å². The van der Waals surface area contributed by atoms with Gasteiger partial charge in [-0.2, -0.15) is 0 Å². The maximum absolute atomic E-state index is 12.9. The molecule has 0 spiro atoms. The van der Waals surface area contributed by atoms with Crippen molar-refractivity contribution in [3.05, 3.63) is 66.0 Å². The molecule has 0 aromatic heterocycles. The molecule has 0 aliphatic rings. The Bertz CT molecular complexity index is 632. The molecule has 0 aliphatic carbocycles. The summed E-state index contributed by atoms with van der Waals surface area (Å²) in [5.41, 5.74) is 1.73. The zero-order valence-corrected chi connectivity index (χ0v) is 13.8. The molecular weight excluding hydrogens is 307 g/mol. The van der Waals surface area contributed by atoms with Gasteiger partial charge in [0, 0.05) is 18.8 Å². The van der Waals surface area contributed by atoms with E-state index in [0.717, 1.165) is 11.3 Å². The van der Waals surface area contributed by atoms with Gasteiger partial charge in [0.2, 0.25) is 5.91 Å². The highest BCUT2D eigenvalue weighted by atomic mass is 19.1. The molecule has 1 unspecified atom stereocenters. The number of anilines is 1. The van der Waals surface area contributed by atoms with Crippen molar-refractivity contribution in [3.63, 3.8) is 0 Å². The predicted molar refractivity (Wildman–Crippen MR) is 93.2 cm³/mol. The first-order valence-corrected chi connectivity index (χ1v) is 8.07. The number of aliphatic hydroxyl groups excluding tert-OH is 1. The van der Waals surface area contributed by atoms with Gasteiger partial charge in [0.1, 0.15) is 5.82 Å². The van der Waals surface area contributed by atoms with Crippen molar-refractivity contribution in [2.75, 3.05) is 18.0 Å². The predicted octanol–water partition coefficient (Wildman–Crippen LogP) is 2.72. The highest BCUT2D eigenvalue weighted by Gasteiger charge is 2.14. The van der Waals surface area contributed by atoms with Crippen LogP contribution in [0.4, 0.5) is 10.1 Å². The van der Waals surface area contributed by atoms with Crippen molar-refractivity contribution in [2.24, 2.45) is 0 Å². The summed E-state index contributed by atoms with van der Waals surface area (Å²) in [5.74, 6) is -0.444. The first kappa shape index (κ1) is 17.9. The lowest BCUT2D eigenvalue weighted by atomic mass is 10.2. The summed E-state index contributed by atoms with van der Waals surface area (Å²) in [4.78, 5) is 14.1. The van der Waals surface area contributed by atoms with Crippen LogP contribution in [0, 0.1) is 5.82 Å². The quantitative estimate of drug-likeness (QED) is 0.782. The Kier molecular flexibility index (Phi) is 6.75. The van der Waals surface area contributed by atoms with Crippen molar-refractivity contribution < 1.29 is 14.3 Å². The van der Waals surface area contributed by atoms with E-state index in [1.807, 2.05) is 42.2 Å². The van der Waals surface area contributed by atoms with E-state index in [0.29, 0.717) is 19.5 Å². The number of rotatable bonds is 8. The Morgan fingerprint density at radius 2 is 1.83 bits per heavy atom.